The highest BCUT2D eigenvalue weighted by Gasteiger charge is 2.36. The van der Waals surface area contributed by atoms with Crippen LogP contribution < -0.4 is 0 Å². The van der Waals surface area contributed by atoms with Crippen molar-refractivity contribution in [2.75, 3.05) is 0 Å². The van der Waals surface area contributed by atoms with Crippen molar-refractivity contribution in [3.8, 4) is 0 Å². The maximum atomic E-state index is 11.7. The van der Waals surface area contributed by atoms with Gasteiger partial charge in [0.2, 0.25) is 0 Å². The molecule has 6 nitrogen and oxygen atoms in total. The lowest BCUT2D eigenvalue weighted by Crippen LogP contribution is -2.29. The molecule has 2 aliphatic rings. The summed E-state index contributed by atoms with van der Waals surface area (Å²) in [6, 6.07) is 0. The first-order chi connectivity index (χ1) is 14.4. The van der Waals surface area contributed by atoms with Gasteiger partial charge >= 0.3 is 11.9 Å². The van der Waals surface area contributed by atoms with Crippen molar-refractivity contribution in [2.45, 2.75) is 117 Å². The summed E-state index contributed by atoms with van der Waals surface area (Å²) in [7, 11) is 0. The van der Waals surface area contributed by atoms with Crippen LogP contribution >= 0.6 is 0 Å². The molecule has 0 bridgehead atoms. The van der Waals surface area contributed by atoms with Crippen molar-refractivity contribution in [1.82, 2.24) is 0 Å². The molecule has 2 N–H and O–H groups in total. The second kappa shape index (κ2) is 11.0. The molecule has 2 fully saturated rings. The van der Waals surface area contributed by atoms with Gasteiger partial charge in [0, 0.05) is 0 Å². The summed E-state index contributed by atoms with van der Waals surface area (Å²) in [6.07, 6.45) is 11.6. The van der Waals surface area contributed by atoms with E-state index in [1.54, 1.807) is 13.8 Å². The van der Waals surface area contributed by atoms with Gasteiger partial charge < -0.3 is 19.7 Å². The fraction of sp³-hybridized carbons (Fsp3) is 0.840. The van der Waals surface area contributed by atoms with E-state index < -0.39 is 23.3 Å². The molecule has 5 unspecified atom stereocenters. The van der Waals surface area contributed by atoms with Gasteiger partial charge in [0.1, 0.15) is 0 Å². The number of ether oxygens (including phenoxy) is 2. The fourth-order valence-electron chi connectivity index (χ4n) is 4.40. The average molecular weight is 439 g/mol. The molecule has 178 valence electrons. The van der Waals surface area contributed by atoms with Crippen LogP contribution in [-0.4, -0.2) is 46.6 Å². The molecule has 2 rings (SSSR count). The molecule has 0 aromatic heterocycles. The van der Waals surface area contributed by atoms with Crippen LogP contribution in [0, 0.1) is 16.7 Å². The van der Waals surface area contributed by atoms with Gasteiger partial charge in [0.05, 0.1) is 35.7 Å². The molecule has 0 aromatic rings. The summed E-state index contributed by atoms with van der Waals surface area (Å²) in [4.78, 5) is 23.0. The third-order valence-electron chi connectivity index (χ3n) is 6.64. The van der Waals surface area contributed by atoms with Crippen LogP contribution in [0.2, 0.25) is 0 Å². The third-order valence-corrected chi connectivity index (χ3v) is 6.64. The van der Waals surface area contributed by atoms with Gasteiger partial charge in [0.25, 0.3) is 0 Å². The molecule has 2 saturated heterocycles. The lowest BCUT2D eigenvalue weighted by Gasteiger charge is -2.24. The van der Waals surface area contributed by atoms with E-state index in [0.717, 1.165) is 44.9 Å². The van der Waals surface area contributed by atoms with Crippen LogP contribution in [0.3, 0.4) is 0 Å². The van der Waals surface area contributed by atoms with E-state index in [4.69, 9.17) is 9.47 Å². The van der Waals surface area contributed by atoms with Gasteiger partial charge in [-0.25, -0.2) is 0 Å². The monoisotopic (exact) mass is 438 g/mol. The van der Waals surface area contributed by atoms with Crippen molar-refractivity contribution in [1.29, 1.82) is 0 Å². The first kappa shape index (κ1) is 25.9. The van der Waals surface area contributed by atoms with Gasteiger partial charge in [0.15, 0.2) is 0 Å². The second-order valence-corrected chi connectivity index (χ2v) is 11.2. The fourth-order valence-corrected chi connectivity index (χ4v) is 4.40. The van der Waals surface area contributed by atoms with E-state index in [-0.39, 0.29) is 29.8 Å². The Morgan fingerprint density at radius 1 is 0.935 bits per heavy atom. The van der Waals surface area contributed by atoms with Crippen LogP contribution in [0.1, 0.15) is 92.4 Å². The minimum atomic E-state index is -0.757. The van der Waals surface area contributed by atoms with E-state index in [2.05, 4.69) is 26.8 Å². The average Bonchev–Trinajstić information content (AvgIpc) is 3.28. The number of rotatable bonds is 11. The standard InChI is InChI=1S/C25H42O6/c1-24(2,3)16-14-20(22(26)27)21-13-12-19(31-21)11-10-18-9-8-17(30-18)7-6-15-25(4,5)23(28)29/h10-11,17-21H,6-9,12-16H2,1-5H3,(H,26,27)(H,28,29)/b11-10+. The van der Waals surface area contributed by atoms with Crippen molar-refractivity contribution in [3.05, 3.63) is 12.2 Å². The second-order valence-electron chi connectivity index (χ2n) is 11.2. The molecule has 2 aliphatic heterocycles. The Balaban J connectivity index is 1.74. The largest absolute Gasteiger partial charge is 0.481 e. The molecule has 0 radical (unpaired) electrons. The quantitative estimate of drug-likeness (QED) is 0.417. The van der Waals surface area contributed by atoms with Crippen molar-refractivity contribution in [2.24, 2.45) is 16.7 Å². The minimum Gasteiger partial charge on any atom is -0.481 e. The topological polar surface area (TPSA) is 93.1 Å². The van der Waals surface area contributed by atoms with Crippen molar-refractivity contribution >= 4 is 11.9 Å². The maximum absolute atomic E-state index is 11.7. The summed E-state index contributed by atoms with van der Waals surface area (Å²) in [5.41, 5.74) is -0.569. The normalized spacial score (nSPS) is 28.3. The van der Waals surface area contributed by atoms with Gasteiger partial charge in [-0.15, -0.1) is 0 Å². The van der Waals surface area contributed by atoms with Gasteiger partial charge in [-0.3, -0.25) is 9.59 Å². The molecule has 0 amide bonds. The molecule has 0 aliphatic carbocycles. The summed E-state index contributed by atoms with van der Waals surface area (Å²) in [5, 5.41) is 18.9. The van der Waals surface area contributed by atoms with Crippen LogP contribution in [0.4, 0.5) is 0 Å². The Morgan fingerprint density at radius 3 is 2.13 bits per heavy atom. The summed E-state index contributed by atoms with van der Waals surface area (Å²) in [6.45, 7) is 9.94. The lowest BCUT2D eigenvalue weighted by molar-refractivity contribution is -0.148. The molecule has 6 heteroatoms. The number of carboxylic acid groups (broad SMARTS) is 2. The highest BCUT2D eigenvalue weighted by atomic mass is 16.5. The molecule has 0 aromatic carbocycles. The van der Waals surface area contributed by atoms with Crippen LogP contribution in [0.25, 0.3) is 0 Å². The highest BCUT2D eigenvalue weighted by molar-refractivity contribution is 5.73. The first-order valence-corrected chi connectivity index (χ1v) is 11.8. The third kappa shape index (κ3) is 8.57. The molecule has 31 heavy (non-hydrogen) atoms. The zero-order chi connectivity index (χ0) is 23.2. The number of hydrogen-bond donors (Lipinski definition) is 2. The zero-order valence-electron chi connectivity index (χ0n) is 19.9. The smallest absolute Gasteiger partial charge is 0.309 e. The molecular weight excluding hydrogens is 396 g/mol. The summed E-state index contributed by atoms with van der Waals surface area (Å²) < 4.78 is 12.2. The Labute approximate surface area is 187 Å². The maximum Gasteiger partial charge on any atom is 0.309 e. The number of aliphatic carboxylic acids is 2. The molecular formula is C25H42O6. The lowest BCUT2D eigenvalue weighted by atomic mass is 9.84. The van der Waals surface area contributed by atoms with E-state index in [1.165, 1.54) is 0 Å². The predicted molar refractivity (Wildman–Crippen MR) is 120 cm³/mol. The Hall–Kier alpha value is -1.40. The van der Waals surface area contributed by atoms with E-state index in [9.17, 15) is 19.8 Å². The first-order valence-electron chi connectivity index (χ1n) is 11.8. The molecule has 0 spiro atoms. The van der Waals surface area contributed by atoms with Crippen LogP contribution in [-0.2, 0) is 19.1 Å². The SMILES string of the molecule is CC(C)(C)CCC(C(=O)O)C1CCC(/C=C/C2CCC(CCCC(C)(C)C(=O)O)O2)O1. The van der Waals surface area contributed by atoms with Gasteiger partial charge in [-0.05, 0) is 77.0 Å². The van der Waals surface area contributed by atoms with Crippen molar-refractivity contribution < 1.29 is 29.3 Å². The Bertz CT molecular complexity index is 632. The molecule has 0 saturated carbocycles. The number of carboxylic acids is 2. The van der Waals surface area contributed by atoms with E-state index in [1.807, 2.05) is 6.08 Å². The Kier molecular flexibility index (Phi) is 9.14. The number of hydrogen-bond acceptors (Lipinski definition) is 4. The van der Waals surface area contributed by atoms with E-state index >= 15 is 0 Å². The molecule has 2 heterocycles. The predicted octanol–water partition coefficient (Wildman–Crippen LogP) is 5.45. The number of carbonyl (C=O) groups is 2. The molecule has 5 atom stereocenters. The van der Waals surface area contributed by atoms with Crippen molar-refractivity contribution in [3.63, 3.8) is 0 Å². The minimum absolute atomic E-state index is 0.0412. The van der Waals surface area contributed by atoms with Crippen LogP contribution in [0.5, 0.6) is 0 Å². The summed E-state index contributed by atoms with van der Waals surface area (Å²) >= 11 is 0. The Morgan fingerprint density at radius 2 is 1.55 bits per heavy atom. The zero-order valence-corrected chi connectivity index (χ0v) is 19.9. The highest BCUT2D eigenvalue weighted by Crippen LogP contribution is 2.33. The summed E-state index contributed by atoms with van der Waals surface area (Å²) in [5.74, 6) is -1.95. The van der Waals surface area contributed by atoms with Crippen LogP contribution in [0.15, 0.2) is 12.2 Å². The van der Waals surface area contributed by atoms with E-state index in [0.29, 0.717) is 12.8 Å². The van der Waals surface area contributed by atoms with Gasteiger partial charge in [-0.1, -0.05) is 32.9 Å². The van der Waals surface area contributed by atoms with Gasteiger partial charge in [-0.2, -0.15) is 0 Å².